The minimum atomic E-state index is -0.0947. The molecule has 1 saturated heterocycles. The van der Waals surface area contributed by atoms with Gasteiger partial charge in [0.2, 0.25) is 5.91 Å². The van der Waals surface area contributed by atoms with E-state index in [9.17, 15) is 10.1 Å². The molecule has 2 aromatic heterocycles. The van der Waals surface area contributed by atoms with E-state index in [0.29, 0.717) is 29.4 Å². The van der Waals surface area contributed by atoms with Crippen molar-refractivity contribution in [3.05, 3.63) is 71.9 Å². The molecular weight excluding hydrogens is 402 g/mol. The minimum Gasteiger partial charge on any atom is -0.456 e. The second-order valence-corrected chi connectivity index (χ2v) is 7.79. The van der Waals surface area contributed by atoms with Gasteiger partial charge in [-0.2, -0.15) is 5.26 Å². The molecule has 0 aliphatic carbocycles. The quantitative estimate of drug-likeness (QED) is 0.500. The van der Waals surface area contributed by atoms with Crippen molar-refractivity contribution < 1.29 is 9.53 Å². The number of nitrogens with one attached hydrogen (secondary N) is 1. The molecule has 0 radical (unpaired) electrons. The van der Waals surface area contributed by atoms with Gasteiger partial charge in [0.15, 0.2) is 5.82 Å². The van der Waals surface area contributed by atoms with Crippen molar-refractivity contribution in [3.63, 3.8) is 0 Å². The van der Waals surface area contributed by atoms with Crippen LogP contribution in [0.2, 0.25) is 0 Å². The zero-order valence-corrected chi connectivity index (χ0v) is 17.6. The maximum Gasteiger partial charge on any atom is 0.219 e. The van der Waals surface area contributed by atoms with Crippen LogP contribution in [0.15, 0.2) is 60.8 Å². The molecule has 4 aromatic rings. The predicted molar refractivity (Wildman–Crippen MR) is 120 cm³/mol. The lowest BCUT2D eigenvalue weighted by Crippen LogP contribution is -2.28. The summed E-state index contributed by atoms with van der Waals surface area (Å²) < 4.78 is 6.27. The number of nitrogens with zero attached hydrogens (tertiary/aromatic N) is 4. The maximum absolute atomic E-state index is 12.3. The summed E-state index contributed by atoms with van der Waals surface area (Å²) in [7, 11) is 0. The first-order chi connectivity index (χ1) is 15.6. The smallest absolute Gasteiger partial charge is 0.219 e. The predicted octanol–water partition coefficient (Wildman–Crippen LogP) is 4.97. The van der Waals surface area contributed by atoms with Crippen molar-refractivity contribution in [1.82, 2.24) is 19.9 Å². The number of fused-ring (bicyclic) bond motifs is 1. The van der Waals surface area contributed by atoms with Crippen LogP contribution in [-0.2, 0) is 4.79 Å². The zero-order valence-electron chi connectivity index (χ0n) is 17.6. The largest absolute Gasteiger partial charge is 0.456 e. The van der Waals surface area contributed by atoms with Crippen molar-refractivity contribution in [3.8, 4) is 29.1 Å². The van der Waals surface area contributed by atoms with Crippen molar-refractivity contribution >= 4 is 16.9 Å². The van der Waals surface area contributed by atoms with Gasteiger partial charge >= 0.3 is 0 Å². The molecule has 7 heteroatoms. The summed E-state index contributed by atoms with van der Waals surface area (Å²) in [5, 5.41) is 9.49. The highest BCUT2D eigenvalue weighted by molar-refractivity contribution is 5.82. The molecule has 1 atom stereocenters. The summed E-state index contributed by atoms with van der Waals surface area (Å²) in [6.07, 6.45) is 3.51. The number of H-pyrrole nitrogens is 1. The van der Waals surface area contributed by atoms with Gasteiger partial charge in [0.05, 0.1) is 22.6 Å². The molecule has 0 bridgehead atoms. The number of ether oxygens (including phenoxy) is 1. The Balaban J connectivity index is 1.65. The summed E-state index contributed by atoms with van der Waals surface area (Å²) in [4.78, 5) is 26.6. The maximum atomic E-state index is 12.3. The standard InChI is InChI=1S/C25H21N5O2/c1-16(31)30-12-6-9-22(30)18-13-20-21(29-25(28-20)19-8-4-5-11-27-19)14-24(18)32-23-10-3-2-7-17(23)15-26/h2-5,7-8,10-11,13-14,22H,6,9,12H2,1H3,(H,28,29). The monoisotopic (exact) mass is 423 g/mol. The van der Waals surface area contributed by atoms with Crippen molar-refractivity contribution in [2.24, 2.45) is 0 Å². The fraction of sp³-hybridized carbons (Fsp3) is 0.200. The summed E-state index contributed by atoms with van der Waals surface area (Å²) in [5.74, 6) is 1.77. The van der Waals surface area contributed by atoms with Gasteiger partial charge in [-0.05, 0) is 43.2 Å². The molecule has 1 unspecified atom stereocenters. The third-order valence-electron chi connectivity index (χ3n) is 5.76. The van der Waals surface area contributed by atoms with E-state index in [4.69, 9.17) is 9.72 Å². The topological polar surface area (TPSA) is 94.9 Å². The molecule has 1 N–H and O–H groups in total. The summed E-state index contributed by atoms with van der Waals surface area (Å²) in [5.41, 5.74) is 3.66. The van der Waals surface area contributed by atoms with Crippen LogP contribution in [0.1, 0.15) is 36.9 Å². The highest BCUT2D eigenvalue weighted by Gasteiger charge is 2.31. The van der Waals surface area contributed by atoms with E-state index in [-0.39, 0.29) is 11.9 Å². The van der Waals surface area contributed by atoms with Gasteiger partial charge in [-0.3, -0.25) is 9.78 Å². The first-order valence-electron chi connectivity index (χ1n) is 10.5. The highest BCUT2D eigenvalue weighted by Crippen LogP contribution is 2.41. The molecule has 1 fully saturated rings. The van der Waals surface area contributed by atoms with E-state index < -0.39 is 0 Å². The number of imidazole rings is 1. The number of para-hydroxylation sites is 1. The van der Waals surface area contributed by atoms with Crippen LogP contribution in [0.25, 0.3) is 22.6 Å². The number of carbonyl (C=O) groups is 1. The van der Waals surface area contributed by atoms with Gasteiger partial charge in [-0.1, -0.05) is 18.2 Å². The van der Waals surface area contributed by atoms with Gasteiger partial charge in [0, 0.05) is 31.3 Å². The van der Waals surface area contributed by atoms with Crippen molar-refractivity contribution in [2.75, 3.05) is 6.54 Å². The molecule has 3 heterocycles. The van der Waals surface area contributed by atoms with Gasteiger partial charge in [-0.15, -0.1) is 0 Å². The fourth-order valence-electron chi connectivity index (χ4n) is 4.26. The van der Waals surface area contributed by atoms with Gasteiger partial charge in [-0.25, -0.2) is 4.98 Å². The lowest BCUT2D eigenvalue weighted by Gasteiger charge is -2.25. The molecule has 1 amide bonds. The first kappa shape index (κ1) is 19.8. The average Bonchev–Trinajstić information content (AvgIpc) is 3.46. The summed E-state index contributed by atoms with van der Waals surface area (Å²) in [6, 6.07) is 18.8. The van der Waals surface area contributed by atoms with E-state index in [1.807, 2.05) is 41.3 Å². The normalized spacial score (nSPS) is 15.6. The number of benzene rings is 2. The van der Waals surface area contributed by atoms with Gasteiger partial charge in [0.25, 0.3) is 0 Å². The second-order valence-electron chi connectivity index (χ2n) is 7.79. The Labute approximate surface area is 185 Å². The van der Waals surface area contributed by atoms with Crippen LogP contribution < -0.4 is 4.74 Å². The number of amides is 1. The molecule has 0 saturated carbocycles. The molecule has 158 valence electrons. The lowest BCUT2D eigenvalue weighted by atomic mass is 10.0. The number of hydrogen-bond acceptors (Lipinski definition) is 5. The molecule has 5 rings (SSSR count). The van der Waals surface area contributed by atoms with Crippen molar-refractivity contribution in [1.29, 1.82) is 5.26 Å². The molecule has 0 spiro atoms. The van der Waals surface area contributed by atoms with Crippen molar-refractivity contribution in [2.45, 2.75) is 25.8 Å². The number of pyridine rings is 1. The fourth-order valence-corrected chi connectivity index (χ4v) is 4.26. The number of hydrogen-bond donors (Lipinski definition) is 1. The Hall–Kier alpha value is -4.18. The molecule has 7 nitrogen and oxygen atoms in total. The summed E-state index contributed by atoms with van der Waals surface area (Å²) >= 11 is 0. The number of aromatic amines is 1. The third kappa shape index (κ3) is 3.56. The Bertz CT molecular complexity index is 1340. The highest BCUT2D eigenvalue weighted by atomic mass is 16.5. The van der Waals surface area contributed by atoms with E-state index in [0.717, 1.165) is 35.1 Å². The molecular formula is C25H21N5O2. The Morgan fingerprint density at radius 2 is 2.03 bits per heavy atom. The van der Waals surface area contributed by atoms with Gasteiger partial charge in [0.1, 0.15) is 23.3 Å². The SMILES string of the molecule is CC(=O)N1CCCC1c1cc2[nH]c(-c3ccccn3)nc2cc1Oc1ccccc1C#N. The molecule has 32 heavy (non-hydrogen) atoms. The third-order valence-corrected chi connectivity index (χ3v) is 5.76. The zero-order chi connectivity index (χ0) is 22.1. The molecule has 1 aliphatic heterocycles. The Kier molecular flexibility index (Phi) is 5.04. The average molecular weight is 423 g/mol. The Morgan fingerprint density at radius 1 is 1.19 bits per heavy atom. The van der Waals surface area contributed by atoms with E-state index in [1.165, 1.54) is 0 Å². The molecule has 1 aliphatic rings. The van der Waals surface area contributed by atoms with E-state index in [1.54, 1.807) is 31.3 Å². The number of likely N-dealkylation sites (tertiary alicyclic amines) is 1. The van der Waals surface area contributed by atoms with E-state index >= 15 is 0 Å². The van der Waals surface area contributed by atoms with Gasteiger partial charge < -0.3 is 14.6 Å². The lowest BCUT2D eigenvalue weighted by molar-refractivity contribution is -0.129. The van der Waals surface area contributed by atoms with Crippen LogP contribution in [-0.4, -0.2) is 32.3 Å². The minimum absolute atomic E-state index is 0.0368. The molecule has 2 aromatic carbocycles. The van der Waals surface area contributed by atoms with Crippen LogP contribution in [0.4, 0.5) is 0 Å². The van der Waals surface area contributed by atoms with Crippen LogP contribution in [0, 0.1) is 11.3 Å². The number of nitriles is 1. The van der Waals surface area contributed by atoms with Crippen LogP contribution in [0.3, 0.4) is 0 Å². The summed E-state index contributed by atoms with van der Waals surface area (Å²) in [6.45, 7) is 2.31. The number of carbonyl (C=O) groups excluding carboxylic acids is 1. The number of rotatable bonds is 4. The first-order valence-corrected chi connectivity index (χ1v) is 10.5. The Morgan fingerprint density at radius 3 is 2.81 bits per heavy atom. The van der Waals surface area contributed by atoms with Crippen LogP contribution in [0.5, 0.6) is 11.5 Å². The van der Waals surface area contributed by atoms with Crippen LogP contribution >= 0.6 is 0 Å². The second kappa shape index (κ2) is 8.16. The van der Waals surface area contributed by atoms with E-state index in [2.05, 4.69) is 16.0 Å². The number of aromatic nitrogens is 3.